The van der Waals surface area contributed by atoms with Gasteiger partial charge in [0.15, 0.2) is 0 Å². The normalized spacial score (nSPS) is 16.1. The van der Waals surface area contributed by atoms with Gasteiger partial charge in [-0.3, -0.25) is 4.79 Å². The molecule has 2 heterocycles. The van der Waals surface area contributed by atoms with Gasteiger partial charge < -0.3 is 10.3 Å². The minimum atomic E-state index is -3.60. The van der Waals surface area contributed by atoms with Gasteiger partial charge in [0, 0.05) is 37.0 Å². The summed E-state index contributed by atoms with van der Waals surface area (Å²) in [6.07, 6.45) is 4.96. The molecule has 2 aromatic carbocycles. The summed E-state index contributed by atoms with van der Waals surface area (Å²) in [6, 6.07) is 15.9. The summed E-state index contributed by atoms with van der Waals surface area (Å²) in [5, 5.41) is 3.02. The minimum absolute atomic E-state index is 0.202. The number of hydrogen-bond donors (Lipinski definition) is 2. The Balaban J connectivity index is 1.42. The summed E-state index contributed by atoms with van der Waals surface area (Å²) in [7, 11) is -3.60. The Labute approximate surface area is 188 Å². The fourth-order valence-electron chi connectivity index (χ4n) is 4.08. The number of amides is 1. The molecule has 1 aliphatic rings. The minimum Gasteiger partial charge on any atom is -0.348 e. The molecule has 4 rings (SSSR count). The zero-order valence-electron chi connectivity index (χ0n) is 18.3. The lowest BCUT2D eigenvalue weighted by Crippen LogP contribution is -2.41. The molecule has 1 saturated heterocycles. The summed E-state index contributed by atoms with van der Waals surface area (Å²) in [5.41, 5.74) is 0.858. The van der Waals surface area contributed by atoms with Crippen molar-refractivity contribution in [2.75, 3.05) is 13.1 Å². The second kappa shape index (κ2) is 8.88. The van der Waals surface area contributed by atoms with Gasteiger partial charge in [-0.25, -0.2) is 13.4 Å². The van der Waals surface area contributed by atoms with E-state index < -0.39 is 15.6 Å². The summed E-state index contributed by atoms with van der Waals surface area (Å²) < 4.78 is 27.7. The number of carbonyl (C=O) groups excluding carboxylic acids is 1. The number of aromatic nitrogens is 2. The number of hydrogen-bond acceptors (Lipinski definition) is 4. The topological polar surface area (TPSA) is 95.2 Å². The molecule has 0 radical (unpaired) electrons. The van der Waals surface area contributed by atoms with Crippen molar-refractivity contribution in [1.82, 2.24) is 19.6 Å². The molecular formula is C24H28N4O3S. The number of nitrogens with zero attached hydrogens (tertiary/aromatic N) is 2. The molecule has 32 heavy (non-hydrogen) atoms. The number of piperidine rings is 1. The maximum Gasteiger partial charge on any atom is 0.251 e. The molecule has 1 aromatic heterocycles. The van der Waals surface area contributed by atoms with E-state index in [1.807, 2.05) is 44.2 Å². The first kappa shape index (κ1) is 22.2. The van der Waals surface area contributed by atoms with Gasteiger partial charge in [0.1, 0.15) is 5.82 Å². The molecule has 1 amide bonds. The Bertz CT molecular complexity index is 1150. The third kappa shape index (κ3) is 4.61. The van der Waals surface area contributed by atoms with Gasteiger partial charge in [0.25, 0.3) is 5.91 Å². The Morgan fingerprint density at radius 2 is 1.72 bits per heavy atom. The molecule has 3 aromatic rings. The number of imidazole rings is 1. The molecule has 8 heteroatoms. The molecule has 0 saturated carbocycles. The van der Waals surface area contributed by atoms with Crippen LogP contribution in [0.25, 0.3) is 0 Å². The van der Waals surface area contributed by atoms with Crippen molar-refractivity contribution in [3.05, 3.63) is 83.9 Å². The Kier molecular flexibility index (Phi) is 6.17. The van der Waals surface area contributed by atoms with E-state index in [4.69, 9.17) is 0 Å². The summed E-state index contributed by atoms with van der Waals surface area (Å²) in [4.78, 5) is 20.4. The quantitative estimate of drug-likeness (QED) is 0.597. The van der Waals surface area contributed by atoms with Crippen molar-refractivity contribution in [2.24, 2.45) is 0 Å². The van der Waals surface area contributed by atoms with Gasteiger partial charge in [0.05, 0.1) is 10.4 Å². The van der Waals surface area contributed by atoms with E-state index in [9.17, 15) is 13.2 Å². The zero-order valence-corrected chi connectivity index (χ0v) is 19.1. The number of carbonyl (C=O) groups is 1. The summed E-state index contributed by atoms with van der Waals surface area (Å²) >= 11 is 0. The van der Waals surface area contributed by atoms with E-state index in [1.165, 1.54) is 16.4 Å². The Morgan fingerprint density at radius 3 is 2.31 bits per heavy atom. The molecule has 1 aliphatic heterocycles. The number of sulfonamides is 1. The number of rotatable bonds is 6. The Morgan fingerprint density at radius 1 is 1.06 bits per heavy atom. The molecule has 7 nitrogen and oxygen atoms in total. The second-order valence-electron chi connectivity index (χ2n) is 8.62. The maximum atomic E-state index is 13.1. The van der Waals surface area contributed by atoms with Crippen LogP contribution in [0.15, 0.2) is 71.9 Å². The van der Waals surface area contributed by atoms with Crippen molar-refractivity contribution >= 4 is 15.9 Å². The monoisotopic (exact) mass is 452 g/mol. The van der Waals surface area contributed by atoms with Crippen LogP contribution in [-0.2, 0) is 15.6 Å². The van der Waals surface area contributed by atoms with Gasteiger partial charge in [-0.2, -0.15) is 4.31 Å². The third-order valence-corrected chi connectivity index (χ3v) is 7.95. The first-order valence-corrected chi connectivity index (χ1v) is 12.2. The first-order valence-electron chi connectivity index (χ1n) is 10.7. The highest BCUT2D eigenvalue weighted by Crippen LogP contribution is 2.29. The smallest absolute Gasteiger partial charge is 0.251 e. The molecule has 0 spiro atoms. The van der Waals surface area contributed by atoms with Crippen LogP contribution in [0, 0.1) is 0 Å². The van der Waals surface area contributed by atoms with Crippen LogP contribution in [0.5, 0.6) is 0 Å². The second-order valence-corrected chi connectivity index (χ2v) is 10.6. The fraction of sp³-hybridized carbons (Fsp3) is 0.333. The van der Waals surface area contributed by atoms with E-state index in [0.29, 0.717) is 18.7 Å². The number of aromatic amines is 1. The number of benzene rings is 2. The number of nitrogens with one attached hydrogen (secondary N) is 2. The highest BCUT2D eigenvalue weighted by Gasteiger charge is 2.31. The van der Waals surface area contributed by atoms with Crippen LogP contribution < -0.4 is 5.32 Å². The van der Waals surface area contributed by atoms with Crippen LogP contribution >= 0.6 is 0 Å². The molecule has 0 atom stereocenters. The highest BCUT2D eigenvalue weighted by molar-refractivity contribution is 7.89. The SMILES string of the molecule is CC(C)(NC(=O)c1ccc(S(=O)(=O)N2CCC(c3ncc[nH]3)CC2)cc1)c1ccccc1. The molecular weight excluding hydrogens is 424 g/mol. The van der Waals surface area contributed by atoms with Gasteiger partial charge in [-0.15, -0.1) is 0 Å². The van der Waals surface area contributed by atoms with Crippen molar-refractivity contribution in [2.45, 2.75) is 43.0 Å². The molecule has 0 aliphatic carbocycles. The molecule has 1 fully saturated rings. The van der Waals surface area contributed by atoms with Gasteiger partial charge >= 0.3 is 0 Å². The first-order chi connectivity index (χ1) is 15.3. The van der Waals surface area contributed by atoms with Crippen LogP contribution in [0.1, 0.15) is 54.4 Å². The summed E-state index contributed by atoms with van der Waals surface area (Å²) in [5.74, 6) is 0.911. The standard InChI is InChI=1S/C24H28N4O3S/c1-24(2,20-6-4-3-5-7-20)27-23(29)19-8-10-21(11-9-19)32(30,31)28-16-12-18(13-17-28)22-25-14-15-26-22/h3-11,14-15,18H,12-13,16-17H2,1-2H3,(H,25,26)(H,27,29). The van der Waals surface area contributed by atoms with Crippen molar-refractivity contribution in [1.29, 1.82) is 0 Å². The number of H-pyrrole nitrogens is 1. The zero-order chi connectivity index (χ0) is 22.8. The van der Waals surface area contributed by atoms with E-state index in [1.54, 1.807) is 24.5 Å². The predicted molar refractivity (Wildman–Crippen MR) is 123 cm³/mol. The average molecular weight is 453 g/mol. The van der Waals surface area contributed by atoms with Crippen molar-refractivity contribution in [3.63, 3.8) is 0 Å². The molecule has 0 bridgehead atoms. The van der Waals surface area contributed by atoms with Crippen LogP contribution in [-0.4, -0.2) is 41.7 Å². The van der Waals surface area contributed by atoms with Gasteiger partial charge in [-0.05, 0) is 56.5 Å². The average Bonchev–Trinajstić information content (AvgIpc) is 3.35. The van der Waals surface area contributed by atoms with Gasteiger partial charge in [0.2, 0.25) is 10.0 Å². The summed E-state index contributed by atoms with van der Waals surface area (Å²) in [6.45, 7) is 4.76. The van der Waals surface area contributed by atoms with E-state index in [-0.39, 0.29) is 16.7 Å². The van der Waals surface area contributed by atoms with E-state index >= 15 is 0 Å². The molecule has 2 N–H and O–H groups in total. The maximum absolute atomic E-state index is 13.1. The molecule has 168 valence electrons. The van der Waals surface area contributed by atoms with Crippen LogP contribution in [0.2, 0.25) is 0 Å². The Hall–Kier alpha value is -2.97. The third-order valence-electron chi connectivity index (χ3n) is 6.04. The van der Waals surface area contributed by atoms with Gasteiger partial charge in [-0.1, -0.05) is 30.3 Å². The van der Waals surface area contributed by atoms with E-state index in [2.05, 4.69) is 15.3 Å². The highest BCUT2D eigenvalue weighted by atomic mass is 32.2. The van der Waals surface area contributed by atoms with E-state index in [0.717, 1.165) is 24.2 Å². The largest absolute Gasteiger partial charge is 0.348 e. The fourth-order valence-corrected chi connectivity index (χ4v) is 5.55. The van der Waals surface area contributed by atoms with Crippen LogP contribution in [0.4, 0.5) is 0 Å². The lowest BCUT2D eigenvalue weighted by molar-refractivity contribution is 0.0912. The molecule has 0 unspecified atom stereocenters. The lowest BCUT2D eigenvalue weighted by atomic mass is 9.94. The van der Waals surface area contributed by atoms with Crippen molar-refractivity contribution < 1.29 is 13.2 Å². The van der Waals surface area contributed by atoms with Crippen LogP contribution in [0.3, 0.4) is 0 Å². The predicted octanol–water partition coefficient (Wildman–Crippen LogP) is 3.64. The lowest BCUT2D eigenvalue weighted by Gasteiger charge is -2.30. The van der Waals surface area contributed by atoms with Crippen molar-refractivity contribution in [3.8, 4) is 0 Å².